The van der Waals surface area contributed by atoms with Crippen LogP contribution in [0.3, 0.4) is 0 Å². The molecule has 1 saturated carbocycles. The molecule has 18 heavy (non-hydrogen) atoms. The third kappa shape index (κ3) is 2.25. The predicted octanol–water partition coefficient (Wildman–Crippen LogP) is 1.36. The van der Waals surface area contributed by atoms with Crippen LogP contribution in [-0.2, 0) is 4.79 Å². The summed E-state index contributed by atoms with van der Waals surface area (Å²) in [7, 11) is 0. The van der Waals surface area contributed by atoms with Crippen LogP contribution in [0.5, 0.6) is 0 Å². The first-order chi connectivity index (χ1) is 8.75. The van der Waals surface area contributed by atoms with Crippen molar-refractivity contribution in [2.75, 3.05) is 26.2 Å². The summed E-state index contributed by atoms with van der Waals surface area (Å²) in [5.74, 6) is 0.325. The molecule has 2 atom stereocenters. The lowest BCUT2D eigenvalue weighted by Crippen LogP contribution is -2.47. The van der Waals surface area contributed by atoms with Gasteiger partial charge >= 0.3 is 0 Å². The summed E-state index contributed by atoms with van der Waals surface area (Å²) < 4.78 is 13.1. The third-order valence-electron chi connectivity index (χ3n) is 3.81. The quantitative estimate of drug-likeness (QED) is 0.857. The summed E-state index contributed by atoms with van der Waals surface area (Å²) in [6.45, 7) is 3.35. The molecule has 0 radical (unpaired) electrons. The SMILES string of the molecule is O=C([C@@H]1C[C@H]1c1cccc(F)c1)N1CCNCC1. The molecule has 4 heteroatoms. The number of piperazine rings is 1. The Morgan fingerprint density at radius 1 is 1.33 bits per heavy atom. The summed E-state index contributed by atoms with van der Waals surface area (Å²) in [5.41, 5.74) is 0.962. The van der Waals surface area contributed by atoms with Crippen LogP contribution in [0.15, 0.2) is 24.3 Å². The van der Waals surface area contributed by atoms with Crippen molar-refractivity contribution in [2.24, 2.45) is 5.92 Å². The number of amides is 1. The normalized spacial score (nSPS) is 27.1. The number of carbonyl (C=O) groups is 1. The van der Waals surface area contributed by atoms with Crippen LogP contribution in [0, 0.1) is 11.7 Å². The Balaban J connectivity index is 1.64. The fourth-order valence-corrected chi connectivity index (χ4v) is 2.69. The van der Waals surface area contributed by atoms with E-state index in [9.17, 15) is 9.18 Å². The predicted molar refractivity (Wildman–Crippen MR) is 66.7 cm³/mol. The van der Waals surface area contributed by atoms with E-state index in [2.05, 4.69) is 5.32 Å². The number of benzene rings is 1. The number of hydrogen-bond acceptors (Lipinski definition) is 2. The van der Waals surface area contributed by atoms with Crippen LogP contribution in [0.2, 0.25) is 0 Å². The van der Waals surface area contributed by atoms with E-state index in [0.29, 0.717) is 0 Å². The molecule has 1 N–H and O–H groups in total. The lowest BCUT2D eigenvalue weighted by atomic mass is 10.1. The number of rotatable bonds is 2. The maximum Gasteiger partial charge on any atom is 0.226 e. The Labute approximate surface area is 106 Å². The Morgan fingerprint density at radius 2 is 2.11 bits per heavy atom. The second-order valence-corrected chi connectivity index (χ2v) is 5.08. The smallest absolute Gasteiger partial charge is 0.226 e. The highest BCUT2D eigenvalue weighted by atomic mass is 19.1. The van der Waals surface area contributed by atoms with Crippen molar-refractivity contribution in [3.8, 4) is 0 Å². The van der Waals surface area contributed by atoms with Crippen LogP contribution >= 0.6 is 0 Å². The number of nitrogens with one attached hydrogen (secondary N) is 1. The fraction of sp³-hybridized carbons (Fsp3) is 0.500. The largest absolute Gasteiger partial charge is 0.340 e. The molecule has 1 saturated heterocycles. The molecular weight excluding hydrogens is 231 g/mol. The molecule has 1 aliphatic heterocycles. The monoisotopic (exact) mass is 248 g/mol. The molecule has 0 aromatic heterocycles. The minimum atomic E-state index is -0.215. The Bertz CT molecular complexity index is 457. The second-order valence-electron chi connectivity index (χ2n) is 5.08. The van der Waals surface area contributed by atoms with Crippen LogP contribution in [0.1, 0.15) is 17.9 Å². The van der Waals surface area contributed by atoms with Gasteiger partial charge in [0.1, 0.15) is 5.82 Å². The zero-order valence-corrected chi connectivity index (χ0v) is 10.2. The van der Waals surface area contributed by atoms with Crippen LogP contribution in [0.4, 0.5) is 4.39 Å². The van der Waals surface area contributed by atoms with Crippen molar-refractivity contribution in [1.29, 1.82) is 0 Å². The molecule has 1 heterocycles. The van der Waals surface area contributed by atoms with E-state index in [0.717, 1.165) is 38.2 Å². The molecule has 0 spiro atoms. The van der Waals surface area contributed by atoms with Crippen LogP contribution in [-0.4, -0.2) is 37.0 Å². The molecule has 3 rings (SSSR count). The van der Waals surface area contributed by atoms with Crippen molar-refractivity contribution >= 4 is 5.91 Å². The topological polar surface area (TPSA) is 32.3 Å². The highest BCUT2D eigenvalue weighted by Crippen LogP contribution is 2.48. The molecular formula is C14H17FN2O. The zero-order valence-electron chi connectivity index (χ0n) is 10.2. The van der Waals surface area contributed by atoms with Gasteiger partial charge < -0.3 is 10.2 Å². The summed E-state index contributed by atoms with van der Waals surface area (Å²) >= 11 is 0. The van der Waals surface area contributed by atoms with Crippen molar-refractivity contribution in [2.45, 2.75) is 12.3 Å². The van der Waals surface area contributed by atoms with Gasteiger partial charge in [-0.2, -0.15) is 0 Å². The first-order valence-corrected chi connectivity index (χ1v) is 6.50. The highest BCUT2D eigenvalue weighted by molar-refractivity contribution is 5.83. The van der Waals surface area contributed by atoms with E-state index in [-0.39, 0.29) is 23.6 Å². The van der Waals surface area contributed by atoms with Gasteiger partial charge in [-0.25, -0.2) is 4.39 Å². The van der Waals surface area contributed by atoms with Gasteiger partial charge in [-0.1, -0.05) is 12.1 Å². The van der Waals surface area contributed by atoms with Crippen LogP contribution in [0.25, 0.3) is 0 Å². The number of hydrogen-bond donors (Lipinski definition) is 1. The maximum atomic E-state index is 13.1. The minimum absolute atomic E-state index is 0.0740. The maximum absolute atomic E-state index is 13.1. The molecule has 1 aromatic carbocycles. The summed E-state index contributed by atoms with van der Waals surface area (Å²) in [4.78, 5) is 14.2. The van der Waals surface area contributed by atoms with E-state index in [1.807, 2.05) is 11.0 Å². The Morgan fingerprint density at radius 3 is 2.83 bits per heavy atom. The third-order valence-corrected chi connectivity index (χ3v) is 3.81. The first-order valence-electron chi connectivity index (χ1n) is 6.50. The number of carbonyl (C=O) groups excluding carboxylic acids is 1. The van der Waals surface area contributed by atoms with E-state index in [1.54, 1.807) is 12.1 Å². The minimum Gasteiger partial charge on any atom is -0.340 e. The molecule has 96 valence electrons. The standard InChI is InChI=1S/C14H17FN2O/c15-11-3-1-2-10(8-11)12-9-13(12)14(18)17-6-4-16-5-7-17/h1-3,8,12-13,16H,4-7,9H2/t12-,13+/m0/s1. The fourth-order valence-electron chi connectivity index (χ4n) is 2.69. The van der Waals surface area contributed by atoms with Crippen LogP contribution < -0.4 is 5.32 Å². The van der Waals surface area contributed by atoms with E-state index in [4.69, 9.17) is 0 Å². The summed E-state index contributed by atoms with van der Waals surface area (Å²) in [6.07, 6.45) is 0.867. The van der Waals surface area contributed by atoms with E-state index in [1.165, 1.54) is 6.07 Å². The van der Waals surface area contributed by atoms with Gasteiger partial charge in [0.15, 0.2) is 0 Å². The van der Waals surface area contributed by atoms with Gasteiger partial charge in [0.05, 0.1) is 0 Å². The van der Waals surface area contributed by atoms with Crippen molar-refractivity contribution < 1.29 is 9.18 Å². The Hall–Kier alpha value is -1.42. The number of nitrogens with zero attached hydrogens (tertiary/aromatic N) is 1. The lowest BCUT2D eigenvalue weighted by Gasteiger charge is -2.27. The van der Waals surface area contributed by atoms with Gasteiger partial charge in [0.25, 0.3) is 0 Å². The molecule has 0 bridgehead atoms. The van der Waals surface area contributed by atoms with E-state index < -0.39 is 0 Å². The molecule has 2 fully saturated rings. The molecule has 1 aliphatic carbocycles. The highest BCUT2D eigenvalue weighted by Gasteiger charge is 2.45. The van der Waals surface area contributed by atoms with Gasteiger partial charge in [-0.15, -0.1) is 0 Å². The zero-order chi connectivity index (χ0) is 12.5. The Kier molecular flexibility index (Phi) is 3.04. The molecule has 1 amide bonds. The molecule has 2 aliphatic rings. The number of halogens is 1. The van der Waals surface area contributed by atoms with Crippen molar-refractivity contribution in [1.82, 2.24) is 10.2 Å². The summed E-state index contributed by atoms with van der Waals surface area (Å²) in [6, 6.07) is 6.63. The average molecular weight is 248 g/mol. The summed E-state index contributed by atoms with van der Waals surface area (Å²) in [5, 5.41) is 3.24. The second kappa shape index (κ2) is 4.69. The lowest BCUT2D eigenvalue weighted by molar-refractivity contribution is -0.133. The van der Waals surface area contributed by atoms with Gasteiger partial charge in [0, 0.05) is 32.1 Å². The molecule has 0 unspecified atom stereocenters. The van der Waals surface area contributed by atoms with Gasteiger partial charge in [0.2, 0.25) is 5.91 Å². The molecule has 1 aromatic rings. The van der Waals surface area contributed by atoms with Crippen molar-refractivity contribution in [3.63, 3.8) is 0 Å². The van der Waals surface area contributed by atoms with Gasteiger partial charge in [-0.05, 0) is 30.0 Å². The average Bonchev–Trinajstić information content (AvgIpc) is 3.19. The molecule has 3 nitrogen and oxygen atoms in total. The first kappa shape index (κ1) is 11.7. The van der Waals surface area contributed by atoms with E-state index >= 15 is 0 Å². The van der Waals surface area contributed by atoms with Crippen molar-refractivity contribution in [3.05, 3.63) is 35.6 Å². The van der Waals surface area contributed by atoms with Gasteiger partial charge in [-0.3, -0.25) is 4.79 Å².